The molecule has 0 spiro atoms. The number of hydrogen-bond acceptors (Lipinski definition) is 6. The molecule has 0 aliphatic rings. The average Bonchev–Trinajstić information content (AvgIpc) is 3.36. The smallest absolute Gasteiger partial charge is 0.306 e. The van der Waals surface area contributed by atoms with Gasteiger partial charge in [0.25, 0.3) is 0 Å². The summed E-state index contributed by atoms with van der Waals surface area (Å²) >= 11 is 0. The van der Waals surface area contributed by atoms with Crippen LogP contribution in [0, 0.1) is 0 Å². The Balaban J connectivity index is 4.27. The van der Waals surface area contributed by atoms with Crippen molar-refractivity contribution < 1.29 is 28.6 Å². The fraction of sp³-hybridized carbons (Fsp3) is 0.828. The van der Waals surface area contributed by atoms with Crippen molar-refractivity contribution >= 4 is 17.9 Å². The minimum Gasteiger partial charge on any atom is -0.462 e. The summed E-state index contributed by atoms with van der Waals surface area (Å²) in [5.74, 6) is -0.870. The molecular weight excluding hydrogens is 865 g/mol. The van der Waals surface area contributed by atoms with Crippen LogP contribution in [0.1, 0.15) is 323 Å². The Hall–Kier alpha value is -2.63. The molecule has 6 nitrogen and oxygen atoms in total. The molecule has 408 valence electrons. The molecule has 0 aromatic rings. The van der Waals surface area contributed by atoms with E-state index < -0.39 is 6.10 Å². The molecule has 0 heterocycles. The van der Waals surface area contributed by atoms with E-state index in [1.807, 2.05) is 0 Å². The number of allylic oxidation sites excluding steroid dienone is 8. The molecule has 0 N–H and O–H groups in total. The minimum absolute atomic E-state index is 0.0745. The van der Waals surface area contributed by atoms with Crippen molar-refractivity contribution in [1.82, 2.24) is 0 Å². The van der Waals surface area contributed by atoms with E-state index in [2.05, 4.69) is 69.4 Å². The predicted octanol–water partition coefficient (Wildman–Crippen LogP) is 20.6. The van der Waals surface area contributed by atoms with Crippen LogP contribution in [0.15, 0.2) is 48.6 Å². The largest absolute Gasteiger partial charge is 0.462 e. The number of rotatable bonds is 56. The summed E-state index contributed by atoms with van der Waals surface area (Å²) < 4.78 is 16.9. The average molecular weight is 982 g/mol. The topological polar surface area (TPSA) is 78.9 Å². The Morgan fingerprint density at radius 1 is 0.300 bits per heavy atom. The highest BCUT2D eigenvalue weighted by molar-refractivity contribution is 5.71. The van der Waals surface area contributed by atoms with E-state index >= 15 is 0 Å². The standard InChI is InChI=1S/C64H116O6/c1-4-7-10-13-16-19-22-24-26-28-30-31-32-34-35-37-39-42-45-48-51-54-57-63(66)69-60-61(59-68-62(65)56-53-50-47-44-41-21-18-15-12-9-6-3)70-64(67)58-55-52-49-46-43-40-38-36-33-29-27-25-23-20-17-14-11-8-5-2/h8,11,17,20,25,27,33,36,61H,4-7,9-10,12-16,18-19,21-24,26,28-32,34-35,37-60H2,1-3H3/b11-8-,20-17-,27-25-,36-33-. The highest BCUT2D eigenvalue weighted by Crippen LogP contribution is 2.17. The Kier molecular flexibility index (Phi) is 56.7. The summed E-state index contributed by atoms with van der Waals surface area (Å²) in [5.41, 5.74) is 0. The van der Waals surface area contributed by atoms with Gasteiger partial charge in [0.1, 0.15) is 13.2 Å². The second kappa shape index (κ2) is 58.9. The first kappa shape index (κ1) is 67.4. The molecule has 0 aliphatic carbocycles. The van der Waals surface area contributed by atoms with Crippen LogP contribution in [0.5, 0.6) is 0 Å². The van der Waals surface area contributed by atoms with Crippen LogP contribution in [0.25, 0.3) is 0 Å². The molecule has 0 amide bonds. The minimum atomic E-state index is -0.777. The second-order valence-electron chi connectivity index (χ2n) is 20.6. The van der Waals surface area contributed by atoms with Crippen molar-refractivity contribution in [1.29, 1.82) is 0 Å². The lowest BCUT2D eigenvalue weighted by Gasteiger charge is -2.18. The van der Waals surface area contributed by atoms with Crippen LogP contribution in [0.3, 0.4) is 0 Å². The van der Waals surface area contributed by atoms with Gasteiger partial charge in [-0.05, 0) is 57.8 Å². The van der Waals surface area contributed by atoms with Gasteiger partial charge in [-0.25, -0.2) is 0 Å². The van der Waals surface area contributed by atoms with Gasteiger partial charge in [0, 0.05) is 19.3 Å². The molecule has 0 aliphatic heterocycles. The van der Waals surface area contributed by atoms with E-state index in [0.717, 1.165) is 96.3 Å². The van der Waals surface area contributed by atoms with Gasteiger partial charge in [-0.2, -0.15) is 0 Å². The molecule has 0 aromatic carbocycles. The molecule has 0 saturated carbocycles. The first-order valence-electron chi connectivity index (χ1n) is 30.6. The predicted molar refractivity (Wildman–Crippen MR) is 302 cm³/mol. The van der Waals surface area contributed by atoms with Crippen LogP contribution in [-0.4, -0.2) is 37.2 Å². The number of carbonyl (C=O) groups is 3. The van der Waals surface area contributed by atoms with Crippen molar-refractivity contribution in [2.24, 2.45) is 0 Å². The van der Waals surface area contributed by atoms with E-state index in [1.54, 1.807) is 0 Å². The molecule has 70 heavy (non-hydrogen) atoms. The fourth-order valence-electron chi connectivity index (χ4n) is 9.02. The third kappa shape index (κ3) is 56.3. The van der Waals surface area contributed by atoms with Gasteiger partial charge in [0.2, 0.25) is 0 Å². The zero-order valence-electron chi connectivity index (χ0n) is 46.8. The molecule has 1 atom stereocenters. The lowest BCUT2D eigenvalue weighted by atomic mass is 10.0. The van der Waals surface area contributed by atoms with Gasteiger partial charge in [0.15, 0.2) is 6.10 Å². The van der Waals surface area contributed by atoms with Crippen LogP contribution in [0.4, 0.5) is 0 Å². The van der Waals surface area contributed by atoms with Crippen molar-refractivity contribution in [3.63, 3.8) is 0 Å². The summed E-state index contributed by atoms with van der Waals surface area (Å²) in [6.45, 7) is 6.56. The summed E-state index contributed by atoms with van der Waals surface area (Å²) in [6.07, 6.45) is 72.6. The number of unbranched alkanes of at least 4 members (excludes halogenated alkanes) is 37. The molecule has 0 radical (unpaired) electrons. The summed E-state index contributed by atoms with van der Waals surface area (Å²) in [6, 6.07) is 0. The van der Waals surface area contributed by atoms with E-state index in [0.29, 0.717) is 19.3 Å². The quantitative estimate of drug-likeness (QED) is 0.0261. The maximum Gasteiger partial charge on any atom is 0.306 e. The maximum atomic E-state index is 12.9. The number of hydrogen-bond donors (Lipinski definition) is 0. The SMILES string of the molecule is CC/C=C\C/C=C\C/C=C\C/C=C\CCCCCCCCC(=O)OC(COC(=O)CCCCCCCCCCCCC)COC(=O)CCCCCCCCCCCCCCCCCCCCCCCC. The van der Waals surface area contributed by atoms with Gasteiger partial charge >= 0.3 is 17.9 Å². The number of esters is 3. The van der Waals surface area contributed by atoms with Crippen LogP contribution >= 0.6 is 0 Å². The maximum absolute atomic E-state index is 12.9. The van der Waals surface area contributed by atoms with Crippen molar-refractivity contribution in [3.05, 3.63) is 48.6 Å². The third-order valence-corrected chi connectivity index (χ3v) is 13.6. The summed E-state index contributed by atoms with van der Waals surface area (Å²) in [5, 5.41) is 0. The zero-order valence-corrected chi connectivity index (χ0v) is 46.8. The second-order valence-corrected chi connectivity index (χ2v) is 20.6. The lowest BCUT2D eigenvalue weighted by Crippen LogP contribution is -2.30. The van der Waals surface area contributed by atoms with Crippen molar-refractivity contribution in [2.45, 2.75) is 329 Å². The summed E-state index contributed by atoms with van der Waals surface area (Å²) in [4.78, 5) is 38.2. The Bertz CT molecular complexity index is 1220. The Labute approximate surface area is 435 Å². The Morgan fingerprint density at radius 2 is 0.557 bits per heavy atom. The van der Waals surface area contributed by atoms with Crippen LogP contribution in [-0.2, 0) is 28.6 Å². The molecule has 0 saturated heterocycles. The van der Waals surface area contributed by atoms with Crippen molar-refractivity contribution in [3.8, 4) is 0 Å². The van der Waals surface area contributed by atoms with Gasteiger partial charge < -0.3 is 14.2 Å². The summed E-state index contributed by atoms with van der Waals surface area (Å²) in [7, 11) is 0. The van der Waals surface area contributed by atoms with Crippen molar-refractivity contribution in [2.75, 3.05) is 13.2 Å². The van der Waals surface area contributed by atoms with E-state index in [9.17, 15) is 14.4 Å². The number of ether oxygens (including phenoxy) is 3. The lowest BCUT2D eigenvalue weighted by molar-refractivity contribution is -0.167. The van der Waals surface area contributed by atoms with Gasteiger partial charge in [-0.3, -0.25) is 14.4 Å². The first-order chi connectivity index (χ1) is 34.5. The number of carbonyl (C=O) groups excluding carboxylic acids is 3. The van der Waals surface area contributed by atoms with Gasteiger partial charge in [-0.1, -0.05) is 294 Å². The normalized spacial score (nSPS) is 12.3. The fourth-order valence-corrected chi connectivity index (χ4v) is 9.02. The van der Waals surface area contributed by atoms with E-state index in [-0.39, 0.29) is 31.1 Å². The Morgan fingerprint density at radius 3 is 0.871 bits per heavy atom. The highest BCUT2D eigenvalue weighted by atomic mass is 16.6. The molecule has 0 aromatic heterocycles. The highest BCUT2D eigenvalue weighted by Gasteiger charge is 2.19. The van der Waals surface area contributed by atoms with Crippen LogP contribution < -0.4 is 0 Å². The molecular formula is C64H116O6. The van der Waals surface area contributed by atoms with Gasteiger partial charge in [-0.15, -0.1) is 0 Å². The van der Waals surface area contributed by atoms with Crippen LogP contribution in [0.2, 0.25) is 0 Å². The van der Waals surface area contributed by atoms with Gasteiger partial charge in [0.05, 0.1) is 0 Å². The zero-order chi connectivity index (χ0) is 50.7. The molecule has 0 fully saturated rings. The molecule has 0 bridgehead atoms. The van der Waals surface area contributed by atoms with E-state index in [1.165, 1.54) is 186 Å². The van der Waals surface area contributed by atoms with E-state index in [4.69, 9.17) is 14.2 Å². The monoisotopic (exact) mass is 981 g/mol. The molecule has 1 unspecified atom stereocenters. The first-order valence-corrected chi connectivity index (χ1v) is 30.6. The molecule has 6 heteroatoms. The third-order valence-electron chi connectivity index (χ3n) is 13.6. The molecule has 0 rings (SSSR count).